The molecule has 3 aromatic rings. The molecule has 5 heteroatoms. The van der Waals surface area contributed by atoms with E-state index < -0.39 is 11.6 Å². The normalized spacial score (nSPS) is 12.7. The highest BCUT2D eigenvalue weighted by atomic mass is 19.1. The second kappa shape index (κ2) is 16.1. The van der Waals surface area contributed by atoms with Gasteiger partial charge in [0.1, 0.15) is 5.75 Å². The van der Waals surface area contributed by atoms with Crippen LogP contribution < -0.4 is 4.74 Å². The SMILES string of the molecule is CCCCCCCCCC(C)(F)C(=O)Oc1ccc(-c2ccccc2-c2ncc(CCCCCC)cn2)cc1. The van der Waals surface area contributed by atoms with E-state index in [4.69, 9.17) is 4.74 Å². The summed E-state index contributed by atoms with van der Waals surface area (Å²) in [6, 6.07) is 15.2. The van der Waals surface area contributed by atoms with Crippen LogP contribution in [0.1, 0.15) is 103 Å². The Hall–Kier alpha value is -3.08. The van der Waals surface area contributed by atoms with Crippen molar-refractivity contribution in [2.45, 2.75) is 110 Å². The van der Waals surface area contributed by atoms with Crippen LogP contribution in [0, 0.1) is 0 Å². The van der Waals surface area contributed by atoms with Crippen molar-refractivity contribution in [2.75, 3.05) is 0 Å². The lowest BCUT2D eigenvalue weighted by atomic mass is 9.98. The number of halogens is 1. The van der Waals surface area contributed by atoms with Gasteiger partial charge in [-0.15, -0.1) is 0 Å². The quantitative estimate of drug-likeness (QED) is 0.0986. The number of aryl methyl sites for hydroxylation is 1. The van der Waals surface area contributed by atoms with Gasteiger partial charge in [0.05, 0.1) is 0 Å². The summed E-state index contributed by atoms with van der Waals surface area (Å²) in [4.78, 5) is 21.8. The number of aromatic nitrogens is 2. The van der Waals surface area contributed by atoms with Crippen LogP contribution in [-0.4, -0.2) is 21.6 Å². The molecule has 1 heterocycles. The van der Waals surface area contributed by atoms with Gasteiger partial charge in [-0.3, -0.25) is 0 Å². The fourth-order valence-corrected chi connectivity index (χ4v) is 4.74. The Balaban J connectivity index is 1.58. The number of carbonyl (C=O) groups is 1. The van der Waals surface area contributed by atoms with E-state index >= 15 is 4.39 Å². The first kappa shape index (κ1) is 30.5. The van der Waals surface area contributed by atoms with Gasteiger partial charge in [-0.2, -0.15) is 0 Å². The summed E-state index contributed by atoms with van der Waals surface area (Å²) in [7, 11) is 0. The lowest BCUT2D eigenvalue weighted by Gasteiger charge is -2.18. The third-order valence-electron chi connectivity index (χ3n) is 7.24. The van der Waals surface area contributed by atoms with Crippen LogP contribution in [0.25, 0.3) is 22.5 Å². The largest absolute Gasteiger partial charge is 0.424 e. The summed E-state index contributed by atoms with van der Waals surface area (Å²) in [5.41, 5.74) is 2.04. The smallest absolute Gasteiger partial charge is 0.348 e. The monoisotopic (exact) mass is 532 g/mol. The van der Waals surface area contributed by atoms with E-state index in [1.807, 2.05) is 48.8 Å². The average Bonchev–Trinajstić information content (AvgIpc) is 2.95. The van der Waals surface area contributed by atoms with E-state index in [1.54, 1.807) is 12.1 Å². The van der Waals surface area contributed by atoms with Crippen LogP contribution in [0.2, 0.25) is 0 Å². The fraction of sp³-hybridized carbons (Fsp3) is 0.500. The molecule has 3 rings (SSSR count). The maximum Gasteiger partial charge on any atom is 0.348 e. The van der Waals surface area contributed by atoms with Gasteiger partial charge in [0.15, 0.2) is 5.82 Å². The molecule has 0 N–H and O–H groups in total. The Bertz CT molecular complexity index is 1130. The highest BCUT2D eigenvalue weighted by molar-refractivity contribution is 5.82. The molecule has 0 saturated heterocycles. The number of hydrogen-bond acceptors (Lipinski definition) is 4. The fourth-order valence-electron chi connectivity index (χ4n) is 4.74. The minimum atomic E-state index is -1.99. The second-order valence-corrected chi connectivity index (χ2v) is 10.8. The number of esters is 1. The molecule has 210 valence electrons. The summed E-state index contributed by atoms with van der Waals surface area (Å²) < 4.78 is 20.4. The van der Waals surface area contributed by atoms with Crippen molar-refractivity contribution in [3.8, 4) is 28.3 Å². The van der Waals surface area contributed by atoms with Crippen LogP contribution >= 0.6 is 0 Å². The molecule has 0 fully saturated rings. The first-order valence-corrected chi connectivity index (χ1v) is 14.9. The van der Waals surface area contributed by atoms with Crippen LogP contribution in [0.4, 0.5) is 4.39 Å². The van der Waals surface area contributed by atoms with Crippen LogP contribution in [0.5, 0.6) is 5.75 Å². The predicted molar refractivity (Wildman–Crippen MR) is 159 cm³/mol. The molecule has 0 amide bonds. The third-order valence-corrected chi connectivity index (χ3v) is 7.24. The molecule has 1 aromatic heterocycles. The highest BCUT2D eigenvalue weighted by Gasteiger charge is 2.34. The number of rotatable bonds is 17. The first-order chi connectivity index (χ1) is 18.9. The van der Waals surface area contributed by atoms with E-state index in [0.29, 0.717) is 18.0 Å². The molecule has 39 heavy (non-hydrogen) atoms. The van der Waals surface area contributed by atoms with Crippen LogP contribution in [-0.2, 0) is 11.2 Å². The molecule has 0 radical (unpaired) electrons. The zero-order chi connectivity index (χ0) is 27.9. The predicted octanol–water partition coefficient (Wildman–Crippen LogP) is 9.71. The Morgan fingerprint density at radius 2 is 1.33 bits per heavy atom. The van der Waals surface area contributed by atoms with Crippen molar-refractivity contribution in [1.29, 1.82) is 0 Å². The molecule has 0 aliphatic rings. The number of hydrogen-bond donors (Lipinski definition) is 0. The zero-order valence-corrected chi connectivity index (χ0v) is 24.1. The van der Waals surface area contributed by atoms with Crippen molar-refractivity contribution in [1.82, 2.24) is 9.97 Å². The number of ether oxygens (including phenoxy) is 1. The van der Waals surface area contributed by atoms with Crippen LogP contribution in [0.3, 0.4) is 0 Å². The third kappa shape index (κ3) is 9.87. The van der Waals surface area contributed by atoms with Crippen molar-refractivity contribution < 1.29 is 13.9 Å². The van der Waals surface area contributed by atoms with E-state index in [-0.39, 0.29) is 6.42 Å². The maximum atomic E-state index is 15.0. The summed E-state index contributed by atoms with van der Waals surface area (Å²) >= 11 is 0. The number of benzene rings is 2. The van der Waals surface area contributed by atoms with Gasteiger partial charge in [-0.1, -0.05) is 108 Å². The summed E-state index contributed by atoms with van der Waals surface area (Å²) in [6.45, 7) is 5.73. The summed E-state index contributed by atoms with van der Waals surface area (Å²) in [6.07, 6.45) is 17.5. The van der Waals surface area contributed by atoms with Crippen molar-refractivity contribution in [3.05, 3.63) is 66.5 Å². The Morgan fingerprint density at radius 1 is 0.769 bits per heavy atom. The summed E-state index contributed by atoms with van der Waals surface area (Å²) in [5.74, 6) is 0.190. The van der Waals surface area contributed by atoms with Gasteiger partial charge in [-0.25, -0.2) is 19.2 Å². The van der Waals surface area contributed by atoms with Gasteiger partial charge < -0.3 is 4.74 Å². The topological polar surface area (TPSA) is 52.1 Å². The van der Waals surface area contributed by atoms with Crippen LogP contribution in [0.15, 0.2) is 60.9 Å². The minimum Gasteiger partial charge on any atom is -0.424 e. The first-order valence-electron chi connectivity index (χ1n) is 14.9. The molecule has 1 unspecified atom stereocenters. The molecule has 1 atom stereocenters. The standard InChI is InChI=1S/C34H45FN2O2/c1-4-6-8-10-11-12-16-24-34(3,35)33(38)39-29-22-20-28(21-23-29)30-18-14-15-19-31(30)32-36-25-27(26-37-32)17-13-9-7-5-2/h14-15,18-23,25-26H,4-13,16-17,24H2,1-3H3. The molecule has 2 aromatic carbocycles. The number of carbonyl (C=O) groups excluding carboxylic acids is 1. The van der Waals surface area contributed by atoms with Crippen molar-refractivity contribution in [3.63, 3.8) is 0 Å². The number of unbranched alkanes of at least 4 members (excludes halogenated alkanes) is 9. The van der Waals surface area contributed by atoms with E-state index in [1.165, 1.54) is 51.9 Å². The van der Waals surface area contributed by atoms with Crippen molar-refractivity contribution in [2.24, 2.45) is 0 Å². The Kier molecular flexibility index (Phi) is 12.6. The molecule has 0 spiro atoms. The van der Waals surface area contributed by atoms with E-state index in [2.05, 4.69) is 23.8 Å². The molecule has 0 aliphatic carbocycles. The molecule has 0 bridgehead atoms. The van der Waals surface area contributed by atoms with Gasteiger partial charge in [-0.05, 0) is 61.4 Å². The minimum absolute atomic E-state index is 0.183. The van der Waals surface area contributed by atoms with Crippen molar-refractivity contribution >= 4 is 5.97 Å². The number of nitrogens with zero attached hydrogens (tertiary/aromatic N) is 2. The molecular weight excluding hydrogens is 487 g/mol. The second-order valence-electron chi connectivity index (χ2n) is 10.8. The Labute approximate surface area is 234 Å². The highest BCUT2D eigenvalue weighted by Crippen LogP contribution is 2.32. The lowest BCUT2D eigenvalue weighted by Crippen LogP contribution is -2.34. The number of alkyl halides is 1. The zero-order valence-electron chi connectivity index (χ0n) is 24.1. The maximum absolute atomic E-state index is 15.0. The van der Waals surface area contributed by atoms with E-state index in [9.17, 15) is 4.79 Å². The Morgan fingerprint density at radius 3 is 1.97 bits per heavy atom. The molecule has 4 nitrogen and oxygen atoms in total. The van der Waals surface area contributed by atoms with Gasteiger partial charge in [0.25, 0.3) is 0 Å². The van der Waals surface area contributed by atoms with Gasteiger partial charge in [0, 0.05) is 18.0 Å². The molecule has 0 saturated carbocycles. The van der Waals surface area contributed by atoms with E-state index in [0.717, 1.165) is 47.9 Å². The summed E-state index contributed by atoms with van der Waals surface area (Å²) in [5, 5.41) is 0. The van der Waals surface area contributed by atoms with Gasteiger partial charge in [0.2, 0.25) is 5.67 Å². The lowest BCUT2D eigenvalue weighted by molar-refractivity contribution is -0.147. The molecule has 0 aliphatic heterocycles. The molecular formula is C34H45FN2O2. The average molecular weight is 533 g/mol. The van der Waals surface area contributed by atoms with Gasteiger partial charge >= 0.3 is 5.97 Å².